The van der Waals surface area contributed by atoms with E-state index < -0.39 is 52.1 Å². The largest absolute Gasteiger partial charge is 0.433 e. The third-order valence-corrected chi connectivity index (χ3v) is 11.3. The topological polar surface area (TPSA) is 99.8 Å². The molecule has 2 aliphatic rings. The molecular formula is C32H34F6N4O4S2. The van der Waals surface area contributed by atoms with E-state index in [0.717, 1.165) is 49.2 Å². The molecule has 0 unspecified atom stereocenters. The number of carbonyl (C=O) groups excluding carboxylic acids is 1. The normalized spacial score (nSPS) is 19.8. The smallest absolute Gasteiger partial charge is 0.393 e. The molecule has 260 valence electrons. The summed E-state index contributed by atoms with van der Waals surface area (Å²) in [7, 11) is -1.72. The van der Waals surface area contributed by atoms with E-state index in [-0.39, 0.29) is 40.2 Å². The van der Waals surface area contributed by atoms with E-state index in [4.69, 9.17) is 0 Å². The summed E-state index contributed by atoms with van der Waals surface area (Å²) in [5, 5.41) is 8.78. The highest BCUT2D eigenvalue weighted by Crippen LogP contribution is 2.40. The fourth-order valence-corrected chi connectivity index (χ4v) is 8.52. The highest BCUT2D eigenvalue weighted by molar-refractivity contribution is 7.91. The van der Waals surface area contributed by atoms with Crippen molar-refractivity contribution < 1.29 is 44.3 Å². The molecule has 1 saturated carbocycles. The molecule has 0 spiro atoms. The molecule has 3 N–H and O–H groups in total. The lowest BCUT2D eigenvalue weighted by atomic mass is 9.90. The molecule has 2 aromatic carbocycles. The van der Waals surface area contributed by atoms with Crippen LogP contribution in [0, 0.1) is 17.7 Å². The number of benzene rings is 2. The Morgan fingerprint density at radius 2 is 1.81 bits per heavy atom. The summed E-state index contributed by atoms with van der Waals surface area (Å²) in [6.07, 6.45) is -2.31. The van der Waals surface area contributed by atoms with Crippen molar-refractivity contribution in [2.75, 3.05) is 48.8 Å². The third-order valence-electron chi connectivity index (χ3n) is 8.47. The maximum Gasteiger partial charge on any atom is 0.393 e. The minimum Gasteiger partial charge on any atom is -0.433 e. The van der Waals surface area contributed by atoms with Crippen molar-refractivity contribution in [2.45, 2.75) is 57.0 Å². The number of anilines is 2. The van der Waals surface area contributed by atoms with Crippen molar-refractivity contribution in [1.82, 2.24) is 10.2 Å². The van der Waals surface area contributed by atoms with Crippen LogP contribution in [0.4, 0.5) is 37.7 Å². The van der Waals surface area contributed by atoms with Crippen LogP contribution in [0.3, 0.4) is 0 Å². The maximum atomic E-state index is 14.5. The van der Waals surface area contributed by atoms with Gasteiger partial charge in [-0.1, -0.05) is 24.0 Å². The molecule has 0 radical (unpaired) electrons. The molecule has 5 rings (SSSR count). The minimum absolute atomic E-state index is 0.0186. The Morgan fingerprint density at radius 1 is 1.10 bits per heavy atom. The predicted octanol–water partition coefficient (Wildman–Crippen LogP) is 6.02. The zero-order valence-corrected chi connectivity index (χ0v) is 27.5. The van der Waals surface area contributed by atoms with Crippen molar-refractivity contribution in [3.63, 3.8) is 0 Å². The van der Waals surface area contributed by atoms with Gasteiger partial charge >= 0.3 is 12.8 Å². The van der Waals surface area contributed by atoms with Gasteiger partial charge in [0.15, 0.2) is 9.84 Å². The Balaban J connectivity index is 1.33. The van der Waals surface area contributed by atoms with Crippen LogP contribution in [0.2, 0.25) is 0 Å². The summed E-state index contributed by atoms with van der Waals surface area (Å²) in [6.45, 7) is -2.45. The molecule has 1 aliphatic carbocycles. The fourth-order valence-electron chi connectivity index (χ4n) is 6.12. The van der Waals surface area contributed by atoms with Crippen LogP contribution in [0.1, 0.15) is 46.5 Å². The zero-order chi connectivity index (χ0) is 34.6. The number of carbonyl (C=O) groups is 1. The maximum absolute atomic E-state index is 14.5. The molecule has 8 nitrogen and oxygen atoms in total. The number of fused-ring (bicyclic) bond motifs is 1. The molecule has 16 heteroatoms. The van der Waals surface area contributed by atoms with Crippen LogP contribution in [-0.2, 0) is 16.3 Å². The van der Waals surface area contributed by atoms with Crippen LogP contribution < -0.4 is 20.7 Å². The van der Waals surface area contributed by atoms with Crippen LogP contribution >= 0.6 is 11.3 Å². The van der Waals surface area contributed by atoms with Crippen molar-refractivity contribution >= 4 is 48.5 Å². The number of hydrogen-bond acceptors (Lipinski definition) is 8. The van der Waals surface area contributed by atoms with E-state index in [1.165, 1.54) is 7.05 Å². The number of ether oxygens (including phenoxy) is 1. The molecule has 1 saturated heterocycles. The van der Waals surface area contributed by atoms with Gasteiger partial charge in [0.1, 0.15) is 11.6 Å². The molecule has 2 heterocycles. The fraction of sp³-hybridized carbons (Fsp3) is 0.469. The van der Waals surface area contributed by atoms with E-state index >= 15 is 0 Å². The summed E-state index contributed by atoms with van der Waals surface area (Å²) in [6, 6.07) is 7.15. The summed E-state index contributed by atoms with van der Waals surface area (Å²) in [5.41, 5.74) is -0.0118. The van der Waals surface area contributed by atoms with Gasteiger partial charge in [0.05, 0.1) is 51.0 Å². The van der Waals surface area contributed by atoms with E-state index in [1.54, 1.807) is 12.1 Å². The second kappa shape index (κ2) is 14.8. The molecule has 1 aliphatic heterocycles. The van der Waals surface area contributed by atoms with Gasteiger partial charge in [-0.05, 0) is 48.8 Å². The Bertz CT molecular complexity index is 1800. The van der Waals surface area contributed by atoms with Gasteiger partial charge in [-0.2, -0.15) is 22.0 Å². The van der Waals surface area contributed by atoms with Gasteiger partial charge in [-0.3, -0.25) is 9.69 Å². The summed E-state index contributed by atoms with van der Waals surface area (Å²) in [5.74, 6) is 3.47. The zero-order valence-electron chi connectivity index (χ0n) is 25.9. The van der Waals surface area contributed by atoms with Gasteiger partial charge in [0.25, 0.3) is 5.91 Å². The number of hydrogen-bond donors (Lipinski definition) is 3. The average molecular weight is 717 g/mol. The quantitative estimate of drug-likeness (QED) is 0.184. The molecule has 3 aromatic rings. The van der Waals surface area contributed by atoms with Gasteiger partial charge < -0.3 is 20.7 Å². The number of halogens is 6. The highest BCUT2D eigenvalue weighted by Gasteiger charge is 2.33. The number of nitrogens with one attached hydrogen (secondary N) is 3. The predicted molar refractivity (Wildman–Crippen MR) is 173 cm³/mol. The first-order valence-electron chi connectivity index (χ1n) is 15.3. The van der Waals surface area contributed by atoms with E-state index in [1.807, 2.05) is 6.07 Å². The molecule has 48 heavy (non-hydrogen) atoms. The Kier molecular flexibility index (Phi) is 11.0. The van der Waals surface area contributed by atoms with Crippen molar-refractivity contribution in [3.8, 4) is 17.6 Å². The Hall–Kier alpha value is -3.68. The number of thiophene rings is 1. The monoisotopic (exact) mass is 716 g/mol. The molecule has 0 atom stereocenters. The summed E-state index contributed by atoms with van der Waals surface area (Å²) in [4.78, 5) is 14.3. The lowest BCUT2D eigenvalue weighted by molar-refractivity contribution is -0.127. The molecular weight excluding hydrogens is 682 g/mol. The SMILES string of the molecule is CNC(=O)c1cc(OC(F)F)c(NCC#Cc2sc3c(NC4CCC(N5CCS(=O)(=O)CC5)CC4)cccc3c2CC(F)(F)F)cc1F. The third kappa shape index (κ3) is 8.86. The van der Waals surface area contributed by atoms with E-state index in [0.29, 0.717) is 34.9 Å². The standard InChI is InChI=1S/C32H34F6N4O4S2/c1-39-30(43)22-16-27(46-31(34)35)26(17-24(22)33)40-11-3-6-28-23(18-32(36,37)38)21-4-2-5-25(29(21)47-28)41-19-7-9-20(10-8-19)42-12-14-48(44,45)15-13-42/h2,4-5,16-17,19-20,31,40-41H,7-15,18H2,1H3,(H,39,43). The van der Waals surface area contributed by atoms with Crippen LogP contribution in [0.25, 0.3) is 10.1 Å². The summed E-state index contributed by atoms with van der Waals surface area (Å²) >= 11 is 1.11. The van der Waals surface area contributed by atoms with Gasteiger partial charge in [-0.15, -0.1) is 11.3 Å². The molecule has 1 amide bonds. The minimum atomic E-state index is -4.51. The number of nitrogens with zero attached hydrogens (tertiary/aromatic N) is 1. The first kappa shape index (κ1) is 35.6. The molecule has 2 fully saturated rings. The second-order valence-electron chi connectivity index (χ2n) is 11.7. The number of sulfone groups is 1. The molecule has 1 aromatic heterocycles. The average Bonchev–Trinajstić information content (AvgIpc) is 3.36. The Morgan fingerprint density at radius 3 is 2.46 bits per heavy atom. The summed E-state index contributed by atoms with van der Waals surface area (Å²) < 4.78 is 110. The van der Waals surface area contributed by atoms with Crippen LogP contribution in [0.15, 0.2) is 30.3 Å². The first-order chi connectivity index (χ1) is 22.7. The van der Waals surface area contributed by atoms with Crippen LogP contribution in [-0.4, -0.2) is 82.3 Å². The van der Waals surface area contributed by atoms with E-state index in [2.05, 4.69) is 37.4 Å². The lowest BCUT2D eigenvalue weighted by Crippen LogP contribution is -2.48. The van der Waals surface area contributed by atoms with Gasteiger partial charge in [0.2, 0.25) is 0 Å². The highest BCUT2D eigenvalue weighted by atomic mass is 32.2. The van der Waals surface area contributed by atoms with Crippen molar-refractivity contribution in [3.05, 3.63) is 52.2 Å². The number of alkyl halides is 5. The number of rotatable bonds is 9. The Labute approximate surface area is 278 Å². The van der Waals surface area contributed by atoms with E-state index in [9.17, 15) is 39.6 Å². The second-order valence-corrected chi connectivity index (χ2v) is 15.0. The first-order valence-corrected chi connectivity index (χ1v) is 17.9. The molecule has 0 bridgehead atoms. The van der Waals surface area contributed by atoms with Gasteiger partial charge in [0, 0.05) is 38.3 Å². The van der Waals surface area contributed by atoms with Gasteiger partial charge in [-0.25, -0.2) is 12.8 Å². The van der Waals surface area contributed by atoms with Crippen LogP contribution in [0.5, 0.6) is 5.75 Å². The van der Waals surface area contributed by atoms with Crippen molar-refractivity contribution in [1.29, 1.82) is 0 Å². The lowest BCUT2D eigenvalue weighted by Gasteiger charge is -2.39. The number of amides is 1. The van der Waals surface area contributed by atoms with Crippen molar-refractivity contribution in [2.24, 2.45) is 0 Å².